The summed E-state index contributed by atoms with van der Waals surface area (Å²) in [6, 6.07) is 6.04. The minimum Gasteiger partial charge on any atom is -0.489 e. The van der Waals surface area contributed by atoms with Gasteiger partial charge in [-0.2, -0.15) is 0 Å². The zero-order valence-electron chi connectivity index (χ0n) is 15.1. The van der Waals surface area contributed by atoms with Crippen molar-refractivity contribution in [2.24, 2.45) is 4.99 Å². The number of guanidine groups is 1. The Labute approximate surface area is 149 Å². The monoisotopic (exact) mass is 352 g/mol. The first-order valence-electron chi connectivity index (χ1n) is 8.92. The second-order valence-corrected chi connectivity index (χ2v) is 5.98. The van der Waals surface area contributed by atoms with Gasteiger partial charge in [0.05, 0.1) is 19.8 Å². The van der Waals surface area contributed by atoms with E-state index >= 15 is 0 Å². The molecule has 0 aliphatic carbocycles. The van der Waals surface area contributed by atoms with E-state index in [-0.39, 0.29) is 11.9 Å². The van der Waals surface area contributed by atoms with Crippen LogP contribution in [0.5, 0.6) is 5.75 Å². The van der Waals surface area contributed by atoms with Gasteiger partial charge < -0.3 is 20.1 Å². The van der Waals surface area contributed by atoms with Crippen molar-refractivity contribution in [1.29, 1.82) is 0 Å². The standard InChI is InChI=1S/C18H29FN4O2/c1-3-20-18(21-8-9-23-10-12-24-13-11-23)22-14-15(2)25-17-6-4-16(19)5-7-17/h4-7,15H,3,8-14H2,1-2H3,(H2,20,21,22). The summed E-state index contributed by atoms with van der Waals surface area (Å²) < 4.78 is 24.0. The zero-order valence-corrected chi connectivity index (χ0v) is 15.1. The first kappa shape index (κ1) is 19.5. The topological polar surface area (TPSA) is 58.1 Å². The Morgan fingerprint density at radius 2 is 2.00 bits per heavy atom. The Bertz CT molecular complexity index is 518. The van der Waals surface area contributed by atoms with Crippen molar-refractivity contribution in [3.8, 4) is 5.75 Å². The molecular formula is C18H29FN4O2. The minimum absolute atomic E-state index is 0.0971. The number of aliphatic imine (C=N–C) groups is 1. The van der Waals surface area contributed by atoms with E-state index in [2.05, 4.69) is 20.5 Å². The molecule has 0 radical (unpaired) electrons. The Hall–Kier alpha value is -1.86. The predicted molar refractivity (Wildman–Crippen MR) is 97.7 cm³/mol. The van der Waals surface area contributed by atoms with Gasteiger partial charge in [0.25, 0.3) is 0 Å². The number of benzene rings is 1. The van der Waals surface area contributed by atoms with Crippen LogP contribution in [0.2, 0.25) is 0 Å². The lowest BCUT2D eigenvalue weighted by Crippen LogP contribution is -2.44. The quantitative estimate of drug-likeness (QED) is 0.548. The highest BCUT2D eigenvalue weighted by Crippen LogP contribution is 2.13. The third-order valence-electron chi connectivity index (χ3n) is 3.83. The van der Waals surface area contributed by atoms with Crippen molar-refractivity contribution >= 4 is 5.96 Å². The van der Waals surface area contributed by atoms with Crippen LogP contribution in [0.15, 0.2) is 29.3 Å². The van der Waals surface area contributed by atoms with E-state index in [4.69, 9.17) is 9.47 Å². The molecule has 1 aliphatic rings. The normalized spacial score (nSPS) is 17.2. The van der Waals surface area contributed by atoms with Crippen LogP contribution < -0.4 is 15.4 Å². The molecule has 1 heterocycles. The van der Waals surface area contributed by atoms with E-state index in [1.54, 1.807) is 12.1 Å². The van der Waals surface area contributed by atoms with Gasteiger partial charge >= 0.3 is 0 Å². The molecule has 6 nitrogen and oxygen atoms in total. The van der Waals surface area contributed by atoms with Gasteiger partial charge in [0.15, 0.2) is 5.96 Å². The molecule has 1 aliphatic heterocycles. The van der Waals surface area contributed by atoms with Crippen molar-refractivity contribution in [2.75, 3.05) is 52.5 Å². The lowest BCUT2D eigenvalue weighted by Gasteiger charge is -2.26. The molecule has 140 valence electrons. The van der Waals surface area contributed by atoms with Crippen LogP contribution in [0, 0.1) is 5.82 Å². The second kappa shape index (κ2) is 10.9. The molecule has 1 atom stereocenters. The minimum atomic E-state index is -0.267. The largest absolute Gasteiger partial charge is 0.489 e. The highest BCUT2D eigenvalue weighted by Gasteiger charge is 2.10. The van der Waals surface area contributed by atoms with Crippen molar-refractivity contribution in [3.63, 3.8) is 0 Å². The molecule has 25 heavy (non-hydrogen) atoms. The highest BCUT2D eigenvalue weighted by molar-refractivity contribution is 5.79. The molecule has 0 saturated carbocycles. The summed E-state index contributed by atoms with van der Waals surface area (Å²) in [5.74, 6) is 1.16. The molecule has 1 fully saturated rings. The number of hydrogen-bond donors (Lipinski definition) is 2. The van der Waals surface area contributed by atoms with Crippen molar-refractivity contribution in [3.05, 3.63) is 30.1 Å². The second-order valence-electron chi connectivity index (χ2n) is 5.98. The van der Waals surface area contributed by atoms with Gasteiger partial charge in [-0.25, -0.2) is 9.38 Å². The van der Waals surface area contributed by atoms with Gasteiger partial charge in [0.2, 0.25) is 0 Å². The predicted octanol–water partition coefficient (Wildman–Crippen LogP) is 1.48. The molecule has 1 aromatic carbocycles. The Kier molecular flexibility index (Phi) is 8.48. The number of hydrogen-bond acceptors (Lipinski definition) is 4. The molecule has 0 spiro atoms. The van der Waals surface area contributed by atoms with Crippen LogP contribution in [0.1, 0.15) is 13.8 Å². The Morgan fingerprint density at radius 1 is 1.28 bits per heavy atom. The zero-order chi connectivity index (χ0) is 17.9. The molecule has 7 heteroatoms. The van der Waals surface area contributed by atoms with Gasteiger partial charge in [0.1, 0.15) is 17.7 Å². The summed E-state index contributed by atoms with van der Waals surface area (Å²) in [6.45, 7) is 10.7. The van der Waals surface area contributed by atoms with E-state index in [9.17, 15) is 4.39 Å². The van der Waals surface area contributed by atoms with Gasteiger partial charge in [-0.3, -0.25) is 4.90 Å². The van der Waals surface area contributed by atoms with E-state index in [0.717, 1.165) is 51.9 Å². The molecule has 1 unspecified atom stereocenters. The SMILES string of the molecule is CCNC(=NCC(C)Oc1ccc(F)cc1)NCCN1CCOCC1. The van der Waals surface area contributed by atoms with Crippen LogP contribution in [-0.4, -0.2) is 69.4 Å². The molecule has 0 bridgehead atoms. The molecule has 2 N–H and O–H groups in total. The summed E-state index contributed by atoms with van der Waals surface area (Å²) in [6.07, 6.45) is -0.0971. The average Bonchev–Trinajstić information content (AvgIpc) is 2.62. The maximum absolute atomic E-state index is 12.9. The number of nitrogens with zero attached hydrogens (tertiary/aromatic N) is 2. The molecular weight excluding hydrogens is 323 g/mol. The van der Waals surface area contributed by atoms with Crippen LogP contribution >= 0.6 is 0 Å². The lowest BCUT2D eigenvalue weighted by molar-refractivity contribution is 0.0389. The van der Waals surface area contributed by atoms with Crippen LogP contribution in [-0.2, 0) is 4.74 Å². The van der Waals surface area contributed by atoms with E-state index in [1.807, 2.05) is 13.8 Å². The van der Waals surface area contributed by atoms with Gasteiger partial charge in [-0.05, 0) is 38.1 Å². The first-order chi connectivity index (χ1) is 12.2. The summed E-state index contributed by atoms with van der Waals surface area (Å²) in [5, 5.41) is 6.58. The fraction of sp³-hybridized carbons (Fsp3) is 0.611. The first-order valence-corrected chi connectivity index (χ1v) is 8.92. The molecule has 1 saturated heterocycles. The maximum Gasteiger partial charge on any atom is 0.191 e. The maximum atomic E-state index is 12.9. The average molecular weight is 352 g/mol. The lowest BCUT2D eigenvalue weighted by atomic mass is 10.3. The number of nitrogens with one attached hydrogen (secondary N) is 2. The third-order valence-corrected chi connectivity index (χ3v) is 3.83. The Morgan fingerprint density at radius 3 is 2.68 bits per heavy atom. The summed E-state index contributed by atoms with van der Waals surface area (Å²) in [7, 11) is 0. The number of ether oxygens (including phenoxy) is 2. The molecule has 2 rings (SSSR count). The summed E-state index contributed by atoms with van der Waals surface area (Å²) in [4.78, 5) is 6.94. The highest BCUT2D eigenvalue weighted by atomic mass is 19.1. The van der Waals surface area contributed by atoms with Gasteiger partial charge in [-0.15, -0.1) is 0 Å². The number of rotatable bonds is 8. The fourth-order valence-corrected chi connectivity index (χ4v) is 2.50. The van der Waals surface area contributed by atoms with Crippen molar-refractivity contribution < 1.29 is 13.9 Å². The van der Waals surface area contributed by atoms with Crippen LogP contribution in [0.3, 0.4) is 0 Å². The molecule has 1 aromatic rings. The van der Waals surface area contributed by atoms with Crippen molar-refractivity contribution in [2.45, 2.75) is 20.0 Å². The van der Waals surface area contributed by atoms with Crippen molar-refractivity contribution in [1.82, 2.24) is 15.5 Å². The third kappa shape index (κ3) is 7.70. The number of morpholine rings is 1. The smallest absolute Gasteiger partial charge is 0.191 e. The van der Waals surface area contributed by atoms with E-state index in [0.29, 0.717) is 12.3 Å². The number of halogens is 1. The Balaban J connectivity index is 1.74. The summed E-state index contributed by atoms with van der Waals surface area (Å²) in [5.41, 5.74) is 0. The molecule has 0 aromatic heterocycles. The van der Waals surface area contributed by atoms with Crippen LogP contribution in [0.4, 0.5) is 4.39 Å². The van der Waals surface area contributed by atoms with Gasteiger partial charge in [0, 0.05) is 32.7 Å². The summed E-state index contributed by atoms with van der Waals surface area (Å²) >= 11 is 0. The van der Waals surface area contributed by atoms with E-state index < -0.39 is 0 Å². The van der Waals surface area contributed by atoms with Crippen LogP contribution in [0.25, 0.3) is 0 Å². The molecule has 0 amide bonds. The van der Waals surface area contributed by atoms with E-state index in [1.165, 1.54) is 12.1 Å². The fourth-order valence-electron chi connectivity index (χ4n) is 2.50. The van der Waals surface area contributed by atoms with Gasteiger partial charge in [-0.1, -0.05) is 0 Å².